The van der Waals surface area contributed by atoms with Crippen molar-refractivity contribution < 1.29 is 9.53 Å². The second-order valence-electron chi connectivity index (χ2n) is 5.36. The molecule has 0 aromatic heterocycles. The van der Waals surface area contributed by atoms with Crippen LogP contribution < -0.4 is 0 Å². The molecule has 20 heavy (non-hydrogen) atoms. The van der Waals surface area contributed by atoms with Gasteiger partial charge in [-0.1, -0.05) is 57.7 Å². The first-order valence-electron chi connectivity index (χ1n) is 7.93. The van der Waals surface area contributed by atoms with Crippen molar-refractivity contribution >= 4 is 5.97 Å². The number of hydrogen-bond donors (Lipinski definition) is 0. The number of methoxy groups -OCH3 is 1. The van der Waals surface area contributed by atoms with Gasteiger partial charge in [-0.3, -0.25) is 0 Å². The van der Waals surface area contributed by atoms with Gasteiger partial charge in [-0.2, -0.15) is 0 Å². The van der Waals surface area contributed by atoms with Gasteiger partial charge in [-0.05, 0) is 36.8 Å². The maximum atomic E-state index is 12.1. The van der Waals surface area contributed by atoms with Gasteiger partial charge in [0.05, 0.1) is 12.7 Å². The molecule has 0 spiro atoms. The van der Waals surface area contributed by atoms with E-state index in [1.165, 1.54) is 32.8 Å². The van der Waals surface area contributed by atoms with E-state index in [0.717, 1.165) is 42.4 Å². The Hall–Kier alpha value is -1.31. The highest BCUT2D eigenvalue weighted by molar-refractivity contribution is 5.92. The number of rotatable bonds is 9. The normalized spacial score (nSPS) is 10.6. The lowest BCUT2D eigenvalue weighted by Crippen LogP contribution is -2.10. The van der Waals surface area contributed by atoms with Crippen LogP contribution in [0.25, 0.3) is 0 Å². The van der Waals surface area contributed by atoms with Crippen molar-refractivity contribution in [2.45, 2.75) is 65.2 Å². The summed E-state index contributed by atoms with van der Waals surface area (Å²) < 4.78 is 4.99. The van der Waals surface area contributed by atoms with Crippen LogP contribution in [0.5, 0.6) is 0 Å². The smallest absolute Gasteiger partial charge is 0.338 e. The highest BCUT2D eigenvalue weighted by atomic mass is 16.5. The van der Waals surface area contributed by atoms with Crippen molar-refractivity contribution in [3.05, 3.63) is 34.9 Å². The molecule has 0 saturated carbocycles. The molecule has 112 valence electrons. The molecule has 0 aliphatic carbocycles. The number of hydrogen-bond acceptors (Lipinski definition) is 2. The minimum Gasteiger partial charge on any atom is -0.465 e. The Labute approximate surface area is 123 Å². The van der Waals surface area contributed by atoms with E-state index in [0.29, 0.717) is 0 Å². The summed E-state index contributed by atoms with van der Waals surface area (Å²) in [6.07, 6.45) is 9.03. The van der Waals surface area contributed by atoms with Gasteiger partial charge in [0, 0.05) is 0 Å². The van der Waals surface area contributed by atoms with Crippen molar-refractivity contribution in [3.8, 4) is 0 Å². The van der Waals surface area contributed by atoms with Crippen LogP contribution in [-0.4, -0.2) is 13.1 Å². The SMILES string of the molecule is CCCCCc1cccc(CCCCC)c1C(=O)OC. The maximum absolute atomic E-state index is 12.1. The molecular weight excluding hydrogens is 248 g/mol. The maximum Gasteiger partial charge on any atom is 0.338 e. The predicted molar refractivity (Wildman–Crippen MR) is 84.2 cm³/mol. The van der Waals surface area contributed by atoms with E-state index in [1.54, 1.807) is 0 Å². The number of esters is 1. The third-order valence-corrected chi connectivity index (χ3v) is 3.73. The standard InChI is InChI=1S/C18H28O2/c1-4-6-8-11-15-13-10-14-16(12-9-7-5-2)17(15)18(19)20-3/h10,13-14H,4-9,11-12H2,1-3H3. The molecule has 0 aliphatic rings. The molecule has 1 aromatic rings. The van der Waals surface area contributed by atoms with Gasteiger partial charge in [0.25, 0.3) is 0 Å². The van der Waals surface area contributed by atoms with Gasteiger partial charge in [-0.15, -0.1) is 0 Å². The van der Waals surface area contributed by atoms with Crippen LogP contribution in [0, 0.1) is 0 Å². The van der Waals surface area contributed by atoms with Crippen molar-refractivity contribution in [1.82, 2.24) is 0 Å². The fourth-order valence-corrected chi connectivity index (χ4v) is 2.57. The third-order valence-electron chi connectivity index (χ3n) is 3.73. The van der Waals surface area contributed by atoms with Gasteiger partial charge < -0.3 is 4.74 Å². The fourth-order valence-electron chi connectivity index (χ4n) is 2.57. The lowest BCUT2D eigenvalue weighted by molar-refractivity contribution is 0.0598. The first kappa shape index (κ1) is 16.7. The van der Waals surface area contributed by atoms with Crippen LogP contribution in [-0.2, 0) is 17.6 Å². The van der Waals surface area contributed by atoms with Crippen LogP contribution in [0.1, 0.15) is 73.9 Å². The largest absolute Gasteiger partial charge is 0.465 e. The van der Waals surface area contributed by atoms with Crippen molar-refractivity contribution in [2.24, 2.45) is 0 Å². The summed E-state index contributed by atoms with van der Waals surface area (Å²) in [5.74, 6) is -0.177. The Morgan fingerprint density at radius 2 is 1.45 bits per heavy atom. The minimum atomic E-state index is -0.177. The monoisotopic (exact) mass is 276 g/mol. The molecule has 0 N–H and O–H groups in total. The quantitative estimate of drug-likeness (QED) is 0.472. The molecule has 1 aromatic carbocycles. The van der Waals surface area contributed by atoms with Crippen LogP contribution in [0.15, 0.2) is 18.2 Å². The Morgan fingerprint density at radius 1 is 0.950 bits per heavy atom. The van der Waals surface area contributed by atoms with E-state index in [4.69, 9.17) is 4.74 Å². The molecule has 0 saturated heterocycles. The fraction of sp³-hybridized carbons (Fsp3) is 0.611. The molecule has 2 nitrogen and oxygen atoms in total. The molecule has 1 rings (SSSR count). The van der Waals surface area contributed by atoms with Crippen LogP contribution in [0.2, 0.25) is 0 Å². The molecular formula is C18H28O2. The van der Waals surface area contributed by atoms with Crippen molar-refractivity contribution in [2.75, 3.05) is 7.11 Å². The van der Waals surface area contributed by atoms with E-state index in [9.17, 15) is 4.79 Å². The number of benzene rings is 1. The Morgan fingerprint density at radius 3 is 1.85 bits per heavy atom. The third kappa shape index (κ3) is 4.99. The summed E-state index contributed by atoms with van der Waals surface area (Å²) in [4.78, 5) is 12.1. The van der Waals surface area contributed by atoms with Gasteiger partial charge in [-0.25, -0.2) is 4.79 Å². The van der Waals surface area contributed by atoms with Crippen LogP contribution in [0.4, 0.5) is 0 Å². The highest BCUT2D eigenvalue weighted by Gasteiger charge is 2.16. The second-order valence-corrected chi connectivity index (χ2v) is 5.36. The number of aryl methyl sites for hydroxylation is 2. The zero-order chi connectivity index (χ0) is 14.8. The molecule has 0 heterocycles. The second kappa shape index (κ2) is 9.57. The summed E-state index contributed by atoms with van der Waals surface area (Å²) >= 11 is 0. The van der Waals surface area contributed by atoms with E-state index in [1.807, 2.05) is 0 Å². The molecule has 0 atom stereocenters. The van der Waals surface area contributed by atoms with Crippen LogP contribution in [0.3, 0.4) is 0 Å². The van der Waals surface area contributed by atoms with E-state index < -0.39 is 0 Å². The van der Waals surface area contributed by atoms with Crippen molar-refractivity contribution in [1.29, 1.82) is 0 Å². The Bertz CT molecular complexity index is 382. The first-order chi connectivity index (χ1) is 9.74. The number of carbonyl (C=O) groups is 1. The molecule has 0 aliphatic heterocycles. The zero-order valence-corrected chi connectivity index (χ0v) is 13.2. The number of ether oxygens (including phenoxy) is 1. The van der Waals surface area contributed by atoms with Gasteiger partial charge in [0.1, 0.15) is 0 Å². The average Bonchev–Trinajstić information content (AvgIpc) is 2.47. The predicted octanol–water partition coefficient (Wildman–Crippen LogP) is 4.94. The molecule has 0 radical (unpaired) electrons. The summed E-state index contributed by atoms with van der Waals surface area (Å²) in [6, 6.07) is 6.23. The molecule has 0 amide bonds. The first-order valence-corrected chi connectivity index (χ1v) is 7.93. The van der Waals surface area contributed by atoms with Gasteiger partial charge >= 0.3 is 5.97 Å². The average molecular weight is 276 g/mol. The molecule has 0 unspecified atom stereocenters. The Balaban J connectivity index is 2.91. The number of unbranched alkanes of at least 4 members (excludes halogenated alkanes) is 4. The lowest BCUT2D eigenvalue weighted by Gasteiger charge is -2.13. The zero-order valence-electron chi connectivity index (χ0n) is 13.2. The van der Waals surface area contributed by atoms with Gasteiger partial charge in [0.15, 0.2) is 0 Å². The topological polar surface area (TPSA) is 26.3 Å². The molecule has 2 heteroatoms. The molecule has 0 fully saturated rings. The lowest BCUT2D eigenvalue weighted by atomic mass is 9.94. The highest BCUT2D eigenvalue weighted by Crippen LogP contribution is 2.21. The summed E-state index contributed by atoms with van der Waals surface area (Å²) in [7, 11) is 1.47. The van der Waals surface area contributed by atoms with E-state index >= 15 is 0 Å². The summed E-state index contributed by atoms with van der Waals surface area (Å²) in [5.41, 5.74) is 3.13. The van der Waals surface area contributed by atoms with Gasteiger partial charge in [0.2, 0.25) is 0 Å². The van der Waals surface area contributed by atoms with Crippen molar-refractivity contribution in [3.63, 3.8) is 0 Å². The minimum absolute atomic E-state index is 0.177. The van der Waals surface area contributed by atoms with Crippen LogP contribution >= 0.6 is 0 Å². The summed E-state index contributed by atoms with van der Waals surface area (Å²) in [5, 5.41) is 0. The number of carbonyl (C=O) groups excluding carboxylic acids is 1. The summed E-state index contributed by atoms with van der Waals surface area (Å²) in [6.45, 7) is 4.39. The van der Waals surface area contributed by atoms with E-state index in [-0.39, 0.29) is 5.97 Å². The van der Waals surface area contributed by atoms with E-state index in [2.05, 4.69) is 32.0 Å². The Kier molecular flexibility index (Phi) is 8.01. The molecule has 0 bridgehead atoms.